The van der Waals surface area contributed by atoms with Crippen LogP contribution in [0.1, 0.15) is 13.8 Å². The molecule has 1 fully saturated rings. The molecule has 1 heterocycles. The van der Waals surface area contributed by atoms with Gasteiger partial charge in [-0.1, -0.05) is 18.2 Å². The summed E-state index contributed by atoms with van der Waals surface area (Å²) in [5.41, 5.74) is 6.86. The van der Waals surface area contributed by atoms with E-state index in [9.17, 15) is 4.79 Å². The second-order valence-electron chi connectivity index (χ2n) is 5.82. The molecule has 1 amide bonds. The first-order chi connectivity index (χ1) is 10.1. The maximum atomic E-state index is 11.6. The number of halogens is 3. The Morgan fingerprint density at radius 3 is 2.12 bits per heavy atom. The normalized spacial score (nSPS) is 16.7. The molecule has 1 aromatic carbocycles. The van der Waals surface area contributed by atoms with Crippen molar-refractivity contribution >= 4 is 48.8 Å². The number of piperazine rings is 1. The van der Waals surface area contributed by atoms with Gasteiger partial charge < -0.3 is 16.0 Å². The topological polar surface area (TPSA) is 61.6 Å². The molecule has 8 heteroatoms. The first-order valence-corrected chi connectivity index (χ1v) is 7.64. The highest BCUT2D eigenvalue weighted by Crippen LogP contribution is 2.15. The second kappa shape index (κ2) is 12.6. The van der Waals surface area contributed by atoms with Crippen LogP contribution in [-0.2, 0) is 4.79 Å². The Balaban J connectivity index is 0. The van der Waals surface area contributed by atoms with Crippen molar-refractivity contribution < 1.29 is 4.79 Å². The van der Waals surface area contributed by atoms with Crippen LogP contribution in [0.2, 0.25) is 0 Å². The van der Waals surface area contributed by atoms with Crippen molar-refractivity contribution in [2.24, 2.45) is 5.73 Å². The minimum atomic E-state index is -0.442. The first-order valence-electron chi connectivity index (χ1n) is 7.64. The molecule has 0 aliphatic carbocycles. The molecule has 140 valence electrons. The minimum Gasteiger partial charge on any atom is -0.369 e. The van der Waals surface area contributed by atoms with Gasteiger partial charge in [-0.3, -0.25) is 9.69 Å². The summed E-state index contributed by atoms with van der Waals surface area (Å²) in [5.74, 6) is -0.0783. The molecule has 5 nitrogen and oxygen atoms in total. The zero-order valence-electron chi connectivity index (χ0n) is 14.2. The third-order valence-electron chi connectivity index (χ3n) is 3.83. The van der Waals surface area contributed by atoms with Gasteiger partial charge >= 0.3 is 0 Å². The molecule has 0 saturated carbocycles. The highest BCUT2D eigenvalue weighted by molar-refractivity contribution is 5.86. The third-order valence-corrected chi connectivity index (χ3v) is 3.83. The lowest BCUT2D eigenvalue weighted by molar-refractivity contribution is -0.122. The fraction of sp³-hybridized carbons (Fsp3) is 0.562. The lowest BCUT2D eigenvalue weighted by Gasteiger charge is -2.37. The molecule has 1 unspecified atom stereocenters. The number of para-hydroxylation sites is 1. The number of rotatable bonds is 5. The van der Waals surface area contributed by atoms with Crippen molar-refractivity contribution in [2.45, 2.75) is 25.9 Å². The second-order valence-corrected chi connectivity index (χ2v) is 5.82. The number of carbonyl (C=O) groups is 1. The van der Waals surface area contributed by atoms with Gasteiger partial charge in [-0.05, 0) is 26.0 Å². The number of anilines is 1. The number of amides is 1. The number of nitrogens with two attached hydrogens (primary N) is 1. The molecule has 1 saturated heterocycles. The summed E-state index contributed by atoms with van der Waals surface area (Å²) >= 11 is 0. The molecule has 3 N–H and O–H groups in total. The van der Waals surface area contributed by atoms with E-state index in [-0.39, 0.29) is 49.2 Å². The Hall–Kier alpha value is -0.720. The van der Waals surface area contributed by atoms with E-state index >= 15 is 0 Å². The highest BCUT2D eigenvalue weighted by atomic mass is 35.5. The van der Waals surface area contributed by atoms with Crippen LogP contribution in [0, 0.1) is 0 Å². The van der Waals surface area contributed by atoms with E-state index in [4.69, 9.17) is 5.73 Å². The fourth-order valence-corrected chi connectivity index (χ4v) is 2.63. The summed E-state index contributed by atoms with van der Waals surface area (Å²) in [7, 11) is 0. The van der Waals surface area contributed by atoms with Crippen LogP contribution in [0.3, 0.4) is 0 Å². The molecule has 0 bridgehead atoms. The van der Waals surface area contributed by atoms with Gasteiger partial charge in [-0.15, -0.1) is 37.2 Å². The Kier molecular flexibility index (Phi) is 13.4. The van der Waals surface area contributed by atoms with Crippen LogP contribution in [0.15, 0.2) is 30.3 Å². The van der Waals surface area contributed by atoms with Gasteiger partial charge in [0.25, 0.3) is 0 Å². The molecule has 1 aliphatic rings. The van der Waals surface area contributed by atoms with E-state index in [0.717, 1.165) is 32.7 Å². The minimum absolute atomic E-state index is 0. The van der Waals surface area contributed by atoms with Gasteiger partial charge in [-0.2, -0.15) is 0 Å². The van der Waals surface area contributed by atoms with Gasteiger partial charge in [0.15, 0.2) is 0 Å². The Morgan fingerprint density at radius 1 is 1.08 bits per heavy atom. The summed E-state index contributed by atoms with van der Waals surface area (Å²) in [6, 6.07) is 10.2. The molecule has 0 radical (unpaired) electrons. The maximum absolute atomic E-state index is 11.6. The van der Waals surface area contributed by atoms with E-state index in [1.54, 1.807) is 6.92 Å². The molecule has 1 aliphatic heterocycles. The van der Waals surface area contributed by atoms with Crippen molar-refractivity contribution in [1.29, 1.82) is 0 Å². The molecule has 2 atom stereocenters. The Labute approximate surface area is 163 Å². The number of benzene rings is 1. The summed E-state index contributed by atoms with van der Waals surface area (Å²) in [6.07, 6.45) is 0. The fourth-order valence-electron chi connectivity index (χ4n) is 2.63. The summed E-state index contributed by atoms with van der Waals surface area (Å²) in [6.45, 7) is 8.71. The van der Waals surface area contributed by atoms with Crippen molar-refractivity contribution in [3.8, 4) is 0 Å². The smallest absolute Gasteiger partial charge is 0.236 e. The van der Waals surface area contributed by atoms with Gasteiger partial charge in [-0.25, -0.2) is 0 Å². The summed E-state index contributed by atoms with van der Waals surface area (Å²) < 4.78 is 0. The number of carbonyl (C=O) groups excluding carboxylic acids is 1. The SMILES string of the molecule is CC(CN1CCN(c2ccccc2)CC1)NC(=O)[C@@H](C)N.Cl.Cl.Cl. The van der Waals surface area contributed by atoms with Gasteiger partial charge in [0.1, 0.15) is 0 Å². The van der Waals surface area contributed by atoms with Crippen LogP contribution in [0.25, 0.3) is 0 Å². The van der Waals surface area contributed by atoms with Crippen molar-refractivity contribution in [3.05, 3.63) is 30.3 Å². The standard InChI is InChI=1S/C16H26N4O.3ClH/c1-13(18-16(21)14(2)17)12-19-8-10-20(11-9-19)15-6-4-3-5-7-15;;;/h3-7,13-14H,8-12,17H2,1-2H3,(H,18,21);3*1H/t13?,14-;;;/m1.../s1. The van der Waals surface area contributed by atoms with Crippen LogP contribution in [0.5, 0.6) is 0 Å². The van der Waals surface area contributed by atoms with E-state index in [1.165, 1.54) is 5.69 Å². The molecular formula is C16H29Cl3N4O. The van der Waals surface area contributed by atoms with Crippen LogP contribution in [0.4, 0.5) is 5.69 Å². The average Bonchev–Trinajstić information content (AvgIpc) is 2.48. The predicted molar refractivity (Wildman–Crippen MR) is 108 cm³/mol. The van der Waals surface area contributed by atoms with Gasteiger partial charge in [0.2, 0.25) is 5.91 Å². The van der Waals surface area contributed by atoms with Gasteiger partial charge in [0.05, 0.1) is 6.04 Å². The third kappa shape index (κ3) is 7.90. The van der Waals surface area contributed by atoms with E-state index < -0.39 is 6.04 Å². The summed E-state index contributed by atoms with van der Waals surface area (Å²) in [5, 5.41) is 2.95. The first kappa shape index (κ1) is 25.5. The monoisotopic (exact) mass is 398 g/mol. The van der Waals surface area contributed by atoms with Crippen molar-refractivity contribution in [3.63, 3.8) is 0 Å². The zero-order chi connectivity index (χ0) is 15.2. The van der Waals surface area contributed by atoms with E-state index in [2.05, 4.69) is 39.4 Å². The Bertz CT molecular complexity index is 454. The lowest BCUT2D eigenvalue weighted by atomic mass is 10.2. The molecule has 0 spiro atoms. The number of hydrogen-bond acceptors (Lipinski definition) is 4. The largest absolute Gasteiger partial charge is 0.369 e. The number of nitrogens with one attached hydrogen (secondary N) is 1. The molecule has 1 aromatic rings. The highest BCUT2D eigenvalue weighted by Gasteiger charge is 2.19. The molecule has 24 heavy (non-hydrogen) atoms. The van der Waals surface area contributed by atoms with Gasteiger partial charge in [0, 0.05) is 44.5 Å². The molecule has 0 aromatic heterocycles. The van der Waals surface area contributed by atoms with E-state index in [1.807, 2.05) is 13.0 Å². The van der Waals surface area contributed by atoms with Crippen LogP contribution >= 0.6 is 37.2 Å². The average molecular weight is 400 g/mol. The van der Waals surface area contributed by atoms with Crippen molar-refractivity contribution in [1.82, 2.24) is 10.2 Å². The van der Waals surface area contributed by atoms with Crippen LogP contribution < -0.4 is 16.0 Å². The molecule has 2 rings (SSSR count). The Morgan fingerprint density at radius 2 is 1.62 bits per heavy atom. The molecular weight excluding hydrogens is 371 g/mol. The van der Waals surface area contributed by atoms with E-state index in [0.29, 0.717) is 0 Å². The quantitative estimate of drug-likeness (QED) is 0.794. The maximum Gasteiger partial charge on any atom is 0.236 e. The van der Waals surface area contributed by atoms with Crippen LogP contribution in [-0.4, -0.2) is 55.6 Å². The number of hydrogen-bond donors (Lipinski definition) is 2. The lowest BCUT2D eigenvalue weighted by Crippen LogP contribution is -2.52. The predicted octanol–water partition coefficient (Wildman–Crippen LogP) is 1.93. The van der Waals surface area contributed by atoms with Crippen molar-refractivity contribution in [2.75, 3.05) is 37.6 Å². The number of nitrogens with zero attached hydrogens (tertiary/aromatic N) is 2. The zero-order valence-corrected chi connectivity index (χ0v) is 16.6. The summed E-state index contributed by atoms with van der Waals surface area (Å²) in [4.78, 5) is 16.4.